The Labute approximate surface area is 68.2 Å². The third-order valence-corrected chi connectivity index (χ3v) is 1.34. The summed E-state index contributed by atoms with van der Waals surface area (Å²) in [4.78, 5) is 0. The fraction of sp³-hybridized carbons (Fsp3) is 0.250. The van der Waals surface area contributed by atoms with Gasteiger partial charge in [0, 0.05) is 18.3 Å². The second kappa shape index (κ2) is 3.99. The molecule has 0 heterocycles. The maximum absolute atomic E-state index is 12.5. The Morgan fingerprint density at radius 3 is 2.50 bits per heavy atom. The van der Waals surface area contributed by atoms with E-state index in [9.17, 15) is 13.2 Å². The fourth-order valence-electron chi connectivity index (χ4n) is 0.798. The van der Waals surface area contributed by atoms with E-state index in [1.54, 1.807) is 0 Å². The van der Waals surface area contributed by atoms with Crippen LogP contribution in [-0.2, 0) is 0 Å². The van der Waals surface area contributed by atoms with Gasteiger partial charge in [-0.25, -0.2) is 13.2 Å². The molecule has 4 heteroatoms. The molecule has 0 saturated carbocycles. The Morgan fingerprint density at radius 1 is 1.17 bits per heavy atom. The summed E-state index contributed by atoms with van der Waals surface area (Å²) in [7, 11) is 0. The van der Waals surface area contributed by atoms with Gasteiger partial charge in [0.2, 0.25) is 0 Å². The lowest BCUT2D eigenvalue weighted by molar-refractivity contribution is 0.506. The van der Waals surface area contributed by atoms with E-state index in [0.29, 0.717) is 5.69 Å². The Balaban J connectivity index is 2.69. The van der Waals surface area contributed by atoms with Gasteiger partial charge in [-0.05, 0) is 12.1 Å². The topological polar surface area (TPSA) is 12.0 Å². The van der Waals surface area contributed by atoms with Gasteiger partial charge in [0.25, 0.3) is 0 Å². The van der Waals surface area contributed by atoms with Crippen molar-refractivity contribution >= 4 is 5.69 Å². The molecule has 0 fully saturated rings. The first kappa shape index (κ1) is 8.90. The van der Waals surface area contributed by atoms with Crippen LogP contribution in [0.2, 0.25) is 0 Å². The number of hydrogen-bond acceptors (Lipinski definition) is 1. The SMILES string of the molecule is FCCNc1ccc(F)c(F)c1. The first-order chi connectivity index (χ1) is 5.74. The quantitative estimate of drug-likeness (QED) is 0.743. The van der Waals surface area contributed by atoms with Gasteiger partial charge in [0.1, 0.15) is 6.67 Å². The number of alkyl halides is 1. The first-order valence-electron chi connectivity index (χ1n) is 3.49. The Bertz CT molecular complexity index is 262. The Hall–Kier alpha value is -1.19. The monoisotopic (exact) mass is 175 g/mol. The van der Waals surface area contributed by atoms with Crippen LogP contribution in [0.4, 0.5) is 18.9 Å². The molecule has 1 rings (SSSR count). The summed E-state index contributed by atoms with van der Waals surface area (Å²) in [6.07, 6.45) is 0. The standard InChI is InChI=1S/C8H8F3N/c9-3-4-12-6-1-2-7(10)8(11)5-6/h1-2,5,12H,3-4H2. The Morgan fingerprint density at radius 2 is 1.92 bits per heavy atom. The minimum atomic E-state index is -0.932. The molecule has 0 radical (unpaired) electrons. The molecule has 1 nitrogen and oxygen atoms in total. The predicted molar refractivity (Wildman–Crippen MR) is 40.8 cm³/mol. The third-order valence-electron chi connectivity index (χ3n) is 1.34. The van der Waals surface area contributed by atoms with E-state index < -0.39 is 18.3 Å². The molecule has 0 atom stereocenters. The highest BCUT2D eigenvalue weighted by atomic mass is 19.2. The van der Waals surface area contributed by atoms with Crippen LogP contribution >= 0.6 is 0 Å². The Kier molecular flexibility index (Phi) is 2.96. The van der Waals surface area contributed by atoms with Gasteiger partial charge in [-0.3, -0.25) is 0 Å². The molecule has 0 bridgehead atoms. The van der Waals surface area contributed by atoms with Crippen LogP contribution in [0.15, 0.2) is 18.2 Å². The summed E-state index contributed by atoms with van der Waals surface area (Å²) in [5.41, 5.74) is 0.381. The summed E-state index contributed by atoms with van der Waals surface area (Å²) in [5.74, 6) is -1.83. The summed E-state index contributed by atoms with van der Waals surface area (Å²) in [5, 5.41) is 2.58. The zero-order chi connectivity index (χ0) is 8.97. The summed E-state index contributed by atoms with van der Waals surface area (Å²) >= 11 is 0. The average molecular weight is 175 g/mol. The van der Waals surface area contributed by atoms with Crippen molar-refractivity contribution in [2.24, 2.45) is 0 Å². The van der Waals surface area contributed by atoms with Crippen molar-refractivity contribution in [2.45, 2.75) is 0 Å². The largest absolute Gasteiger partial charge is 0.382 e. The van der Waals surface area contributed by atoms with Crippen molar-refractivity contribution in [3.63, 3.8) is 0 Å². The molecule has 0 unspecified atom stereocenters. The van der Waals surface area contributed by atoms with E-state index in [1.165, 1.54) is 6.07 Å². The van der Waals surface area contributed by atoms with Crippen LogP contribution in [0.25, 0.3) is 0 Å². The van der Waals surface area contributed by atoms with Crippen molar-refractivity contribution in [3.05, 3.63) is 29.8 Å². The zero-order valence-electron chi connectivity index (χ0n) is 6.28. The smallest absolute Gasteiger partial charge is 0.160 e. The number of nitrogens with one attached hydrogen (secondary N) is 1. The minimum Gasteiger partial charge on any atom is -0.382 e. The number of rotatable bonds is 3. The van der Waals surface area contributed by atoms with Crippen LogP contribution in [0.3, 0.4) is 0 Å². The molecule has 0 aliphatic heterocycles. The molecular weight excluding hydrogens is 167 g/mol. The molecule has 66 valence electrons. The van der Waals surface area contributed by atoms with Crippen LogP contribution in [0.5, 0.6) is 0 Å². The second-order valence-corrected chi connectivity index (χ2v) is 2.24. The van der Waals surface area contributed by atoms with Crippen molar-refractivity contribution in [3.8, 4) is 0 Å². The third kappa shape index (κ3) is 2.15. The van der Waals surface area contributed by atoms with Crippen molar-refractivity contribution in [1.29, 1.82) is 0 Å². The van der Waals surface area contributed by atoms with E-state index in [1.807, 2.05) is 0 Å². The van der Waals surface area contributed by atoms with Crippen LogP contribution in [-0.4, -0.2) is 13.2 Å². The highest BCUT2D eigenvalue weighted by Crippen LogP contribution is 2.12. The van der Waals surface area contributed by atoms with E-state index in [2.05, 4.69) is 5.32 Å². The number of halogens is 3. The minimum absolute atomic E-state index is 0.102. The van der Waals surface area contributed by atoms with Crippen molar-refractivity contribution in [1.82, 2.24) is 0 Å². The zero-order valence-corrected chi connectivity index (χ0v) is 6.28. The first-order valence-corrected chi connectivity index (χ1v) is 3.49. The predicted octanol–water partition coefficient (Wildman–Crippen LogP) is 2.35. The van der Waals surface area contributed by atoms with Gasteiger partial charge < -0.3 is 5.32 Å². The molecule has 0 amide bonds. The lowest BCUT2D eigenvalue weighted by Gasteiger charge is -2.02. The molecule has 0 aliphatic rings. The van der Waals surface area contributed by atoms with E-state index in [0.717, 1.165) is 12.1 Å². The average Bonchev–Trinajstić information content (AvgIpc) is 2.07. The summed E-state index contributed by atoms with van der Waals surface area (Å²) in [6, 6.07) is 3.34. The molecule has 1 aromatic carbocycles. The normalized spacial score (nSPS) is 9.92. The maximum atomic E-state index is 12.5. The molecular formula is C8H8F3N. The van der Waals surface area contributed by atoms with Crippen LogP contribution in [0.1, 0.15) is 0 Å². The van der Waals surface area contributed by atoms with Gasteiger partial charge in [-0.15, -0.1) is 0 Å². The van der Waals surface area contributed by atoms with Gasteiger partial charge >= 0.3 is 0 Å². The van der Waals surface area contributed by atoms with E-state index in [4.69, 9.17) is 0 Å². The second-order valence-electron chi connectivity index (χ2n) is 2.24. The van der Waals surface area contributed by atoms with Crippen molar-refractivity contribution < 1.29 is 13.2 Å². The highest BCUT2D eigenvalue weighted by molar-refractivity contribution is 5.43. The van der Waals surface area contributed by atoms with E-state index >= 15 is 0 Å². The number of hydrogen-bond donors (Lipinski definition) is 1. The number of benzene rings is 1. The van der Waals surface area contributed by atoms with Crippen LogP contribution in [0, 0.1) is 11.6 Å². The fourth-order valence-corrected chi connectivity index (χ4v) is 0.798. The van der Waals surface area contributed by atoms with Gasteiger partial charge in [0.15, 0.2) is 11.6 Å². The highest BCUT2D eigenvalue weighted by Gasteiger charge is 2.00. The summed E-state index contributed by atoms with van der Waals surface area (Å²) < 4.78 is 36.5. The maximum Gasteiger partial charge on any atom is 0.160 e. The van der Waals surface area contributed by atoms with Crippen LogP contribution < -0.4 is 5.32 Å². The molecule has 1 N–H and O–H groups in total. The molecule has 12 heavy (non-hydrogen) atoms. The van der Waals surface area contributed by atoms with Gasteiger partial charge in [0.05, 0.1) is 0 Å². The van der Waals surface area contributed by atoms with Gasteiger partial charge in [-0.2, -0.15) is 0 Å². The summed E-state index contributed by atoms with van der Waals surface area (Å²) in [6.45, 7) is -0.440. The molecule has 0 aliphatic carbocycles. The van der Waals surface area contributed by atoms with E-state index in [-0.39, 0.29) is 6.54 Å². The van der Waals surface area contributed by atoms with Gasteiger partial charge in [-0.1, -0.05) is 0 Å². The lowest BCUT2D eigenvalue weighted by Crippen LogP contribution is -2.03. The molecule has 0 aromatic heterocycles. The molecule has 0 spiro atoms. The molecule has 0 saturated heterocycles. The lowest BCUT2D eigenvalue weighted by atomic mass is 10.3. The molecule has 1 aromatic rings. The number of anilines is 1. The van der Waals surface area contributed by atoms with Crippen molar-refractivity contribution in [2.75, 3.05) is 18.5 Å².